The van der Waals surface area contributed by atoms with Crippen LogP contribution in [0.1, 0.15) is 15.3 Å². The van der Waals surface area contributed by atoms with Gasteiger partial charge in [0.25, 0.3) is 0 Å². The van der Waals surface area contributed by atoms with Crippen molar-refractivity contribution in [2.24, 2.45) is 5.73 Å². The molecule has 0 aliphatic heterocycles. The highest BCUT2D eigenvalue weighted by molar-refractivity contribution is 7.12. The maximum absolute atomic E-state index is 7.12. The Hall–Kier alpha value is -0.830. The fourth-order valence-corrected chi connectivity index (χ4v) is 2.01. The molecule has 0 amide bonds. The van der Waals surface area contributed by atoms with Gasteiger partial charge < -0.3 is 5.73 Å². The highest BCUT2D eigenvalue weighted by Crippen LogP contribution is 2.20. The third kappa shape index (κ3) is 2.05. The molecule has 60 valence electrons. The second kappa shape index (κ2) is 3.05. The van der Waals surface area contributed by atoms with Crippen LogP contribution in [0.15, 0.2) is 6.07 Å². The van der Waals surface area contributed by atoms with Gasteiger partial charge in [-0.25, -0.2) is 0 Å². The molecule has 0 unspecified atom stereocenters. The molecule has 0 saturated carbocycles. The van der Waals surface area contributed by atoms with E-state index in [1.165, 1.54) is 15.3 Å². The maximum Gasteiger partial charge on any atom is 0.0950 e. The molecule has 1 rings (SSSR count). The summed E-state index contributed by atoms with van der Waals surface area (Å²) in [6.45, 7) is 4.14. The van der Waals surface area contributed by atoms with Gasteiger partial charge in [-0.05, 0) is 25.5 Å². The van der Waals surface area contributed by atoms with Gasteiger partial charge in [0.2, 0.25) is 0 Å². The summed E-state index contributed by atoms with van der Waals surface area (Å²) >= 11 is 1.76. The van der Waals surface area contributed by atoms with E-state index in [4.69, 9.17) is 11.1 Å². The third-order valence-corrected chi connectivity index (χ3v) is 2.53. The van der Waals surface area contributed by atoms with Crippen LogP contribution in [-0.4, -0.2) is 5.84 Å². The highest BCUT2D eigenvalue weighted by Gasteiger charge is 2.02. The fraction of sp³-hybridized carbons (Fsp3) is 0.375. The number of hydrogen-bond donors (Lipinski definition) is 2. The number of aryl methyl sites for hydroxylation is 2. The SMILES string of the molecule is Cc1cc(CC(=N)N)c(C)s1. The lowest BCUT2D eigenvalue weighted by molar-refractivity contribution is 1.24. The van der Waals surface area contributed by atoms with Crippen LogP contribution < -0.4 is 5.73 Å². The second-order valence-corrected chi connectivity index (χ2v) is 4.10. The minimum absolute atomic E-state index is 0.242. The molecule has 0 spiro atoms. The van der Waals surface area contributed by atoms with Crippen LogP contribution in [0.5, 0.6) is 0 Å². The molecule has 1 heterocycles. The lowest BCUT2D eigenvalue weighted by Crippen LogP contribution is -2.12. The molecule has 0 aliphatic rings. The van der Waals surface area contributed by atoms with Gasteiger partial charge in [0, 0.05) is 16.2 Å². The van der Waals surface area contributed by atoms with E-state index in [0.29, 0.717) is 6.42 Å². The molecule has 3 heteroatoms. The molecule has 0 fully saturated rings. The summed E-state index contributed by atoms with van der Waals surface area (Å²) < 4.78 is 0. The summed E-state index contributed by atoms with van der Waals surface area (Å²) in [5, 5.41) is 7.12. The van der Waals surface area contributed by atoms with Gasteiger partial charge in [0.05, 0.1) is 5.84 Å². The van der Waals surface area contributed by atoms with Gasteiger partial charge in [0.1, 0.15) is 0 Å². The lowest BCUT2D eigenvalue weighted by atomic mass is 10.2. The number of rotatable bonds is 2. The van der Waals surface area contributed by atoms with Gasteiger partial charge >= 0.3 is 0 Å². The second-order valence-electron chi connectivity index (χ2n) is 2.64. The van der Waals surface area contributed by atoms with Crippen molar-refractivity contribution in [2.45, 2.75) is 20.3 Å². The maximum atomic E-state index is 7.12. The predicted octanol–water partition coefficient (Wildman–Crippen LogP) is 1.84. The van der Waals surface area contributed by atoms with Crippen LogP contribution in [0, 0.1) is 19.3 Å². The normalized spacial score (nSPS) is 10.0. The van der Waals surface area contributed by atoms with E-state index in [2.05, 4.69) is 19.9 Å². The van der Waals surface area contributed by atoms with Crippen molar-refractivity contribution in [3.8, 4) is 0 Å². The first-order valence-corrected chi connectivity index (χ1v) is 4.30. The summed E-state index contributed by atoms with van der Waals surface area (Å²) in [7, 11) is 0. The molecule has 0 bridgehead atoms. The van der Waals surface area contributed by atoms with E-state index >= 15 is 0 Å². The minimum Gasteiger partial charge on any atom is -0.387 e. The number of nitrogens with two attached hydrogens (primary N) is 1. The zero-order valence-corrected chi connectivity index (χ0v) is 7.59. The van der Waals surface area contributed by atoms with Crippen molar-refractivity contribution in [3.63, 3.8) is 0 Å². The topological polar surface area (TPSA) is 49.9 Å². The molecule has 2 nitrogen and oxygen atoms in total. The van der Waals surface area contributed by atoms with Crippen molar-refractivity contribution in [1.82, 2.24) is 0 Å². The van der Waals surface area contributed by atoms with Crippen LogP contribution in [0.25, 0.3) is 0 Å². The summed E-state index contributed by atoms with van der Waals surface area (Å²) in [4.78, 5) is 2.57. The molecule has 1 aromatic rings. The van der Waals surface area contributed by atoms with Gasteiger partial charge in [0.15, 0.2) is 0 Å². The number of hydrogen-bond acceptors (Lipinski definition) is 2. The molecule has 1 aromatic heterocycles. The molecule has 0 radical (unpaired) electrons. The third-order valence-electron chi connectivity index (χ3n) is 1.52. The first-order chi connectivity index (χ1) is 5.09. The summed E-state index contributed by atoms with van der Waals surface area (Å²) in [6.07, 6.45) is 0.593. The van der Waals surface area contributed by atoms with Gasteiger partial charge in [-0.1, -0.05) is 0 Å². The van der Waals surface area contributed by atoms with E-state index in [1.807, 2.05) is 0 Å². The highest BCUT2D eigenvalue weighted by atomic mass is 32.1. The Kier molecular flexibility index (Phi) is 2.29. The summed E-state index contributed by atoms with van der Waals surface area (Å²) in [5.41, 5.74) is 6.48. The average Bonchev–Trinajstić information content (AvgIpc) is 2.09. The molecule has 11 heavy (non-hydrogen) atoms. The number of amidine groups is 1. The quantitative estimate of drug-likeness (QED) is 0.514. The van der Waals surface area contributed by atoms with Crippen LogP contribution in [0.4, 0.5) is 0 Å². The van der Waals surface area contributed by atoms with Crippen LogP contribution in [-0.2, 0) is 6.42 Å². The van der Waals surface area contributed by atoms with E-state index < -0.39 is 0 Å². The van der Waals surface area contributed by atoms with Crippen molar-refractivity contribution in [1.29, 1.82) is 5.41 Å². The van der Waals surface area contributed by atoms with E-state index in [-0.39, 0.29) is 5.84 Å². The zero-order valence-electron chi connectivity index (χ0n) is 6.77. The van der Waals surface area contributed by atoms with Gasteiger partial charge in [-0.15, -0.1) is 11.3 Å². The molecule has 0 saturated heterocycles. The Balaban J connectivity index is 2.85. The number of nitrogens with one attached hydrogen (secondary N) is 1. The van der Waals surface area contributed by atoms with Crippen LogP contribution in [0.3, 0.4) is 0 Å². The fourth-order valence-electron chi connectivity index (χ4n) is 1.06. The lowest BCUT2D eigenvalue weighted by Gasteiger charge is -1.95. The standard InChI is InChI=1S/C8H12N2S/c1-5-3-7(4-8(9)10)6(2)11-5/h3H,4H2,1-2H3,(H3,9,10). The largest absolute Gasteiger partial charge is 0.387 e. The Morgan fingerprint density at radius 2 is 2.27 bits per heavy atom. The Labute approximate surface area is 70.6 Å². The van der Waals surface area contributed by atoms with E-state index in [0.717, 1.165) is 0 Å². The van der Waals surface area contributed by atoms with Crippen molar-refractivity contribution in [2.75, 3.05) is 0 Å². The van der Waals surface area contributed by atoms with Crippen LogP contribution in [0.2, 0.25) is 0 Å². The Morgan fingerprint density at radius 3 is 2.64 bits per heavy atom. The average molecular weight is 168 g/mol. The minimum atomic E-state index is 0.242. The van der Waals surface area contributed by atoms with Gasteiger partial charge in [-0.3, -0.25) is 5.41 Å². The molecular formula is C8H12N2S. The van der Waals surface area contributed by atoms with Crippen molar-refractivity contribution >= 4 is 17.2 Å². The molecule has 0 atom stereocenters. The molecular weight excluding hydrogens is 156 g/mol. The predicted molar refractivity (Wildman–Crippen MR) is 49.4 cm³/mol. The molecule has 3 N–H and O–H groups in total. The summed E-state index contributed by atoms with van der Waals surface area (Å²) in [6, 6.07) is 2.10. The smallest absolute Gasteiger partial charge is 0.0950 e. The first-order valence-electron chi connectivity index (χ1n) is 3.48. The number of thiophene rings is 1. The van der Waals surface area contributed by atoms with Crippen molar-refractivity contribution in [3.05, 3.63) is 21.4 Å². The summed E-state index contributed by atoms with van der Waals surface area (Å²) in [5.74, 6) is 0.242. The molecule has 0 aromatic carbocycles. The monoisotopic (exact) mass is 168 g/mol. The zero-order chi connectivity index (χ0) is 8.43. The first kappa shape index (κ1) is 8.27. The molecule has 0 aliphatic carbocycles. The Bertz CT molecular complexity index is 276. The van der Waals surface area contributed by atoms with Crippen LogP contribution >= 0.6 is 11.3 Å². The van der Waals surface area contributed by atoms with Crippen molar-refractivity contribution < 1.29 is 0 Å². The Morgan fingerprint density at radius 1 is 1.64 bits per heavy atom. The van der Waals surface area contributed by atoms with Gasteiger partial charge in [-0.2, -0.15) is 0 Å². The van der Waals surface area contributed by atoms with E-state index in [9.17, 15) is 0 Å². The van der Waals surface area contributed by atoms with E-state index in [1.54, 1.807) is 11.3 Å².